The maximum atomic E-state index is 13.1. The van der Waals surface area contributed by atoms with E-state index >= 15 is 0 Å². The molecule has 0 aliphatic rings. The summed E-state index contributed by atoms with van der Waals surface area (Å²) >= 11 is 1.53. The van der Waals surface area contributed by atoms with Gasteiger partial charge in [0.1, 0.15) is 9.52 Å². The lowest BCUT2D eigenvalue weighted by Crippen LogP contribution is -2.01. The molecule has 0 amide bonds. The fraction of sp³-hybridized carbons (Fsp3) is 0.250. The molecule has 0 saturated heterocycles. The molecule has 0 N–H and O–H groups in total. The number of alkyl halides is 2. The number of pyridine rings is 1. The molecule has 74 valence electrons. The highest BCUT2D eigenvalue weighted by Gasteiger charge is 2.19. The SMILES string of the molecule is N#CCc1cc(F)c(C(F)F)c(I)n1. The lowest BCUT2D eigenvalue weighted by Gasteiger charge is -2.05. The fourth-order valence-electron chi connectivity index (χ4n) is 0.907. The molecular weight excluding hydrogens is 308 g/mol. The van der Waals surface area contributed by atoms with E-state index in [0.29, 0.717) is 0 Å². The number of rotatable bonds is 2. The van der Waals surface area contributed by atoms with Gasteiger partial charge in [-0.05, 0) is 28.7 Å². The Morgan fingerprint density at radius 2 is 2.21 bits per heavy atom. The van der Waals surface area contributed by atoms with Gasteiger partial charge in [0.25, 0.3) is 6.43 Å². The standard InChI is InChI=1S/C8H4F3IN2/c9-5-3-4(1-2-13)14-8(12)6(5)7(10)11/h3,7H,1H2. The third kappa shape index (κ3) is 2.35. The number of hydrogen-bond acceptors (Lipinski definition) is 2. The predicted octanol–water partition coefficient (Wildman–Crippen LogP) is 2.83. The van der Waals surface area contributed by atoms with Crippen LogP contribution in [0.25, 0.3) is 0 Å². The van der Waals surface area contributed by atoms with Gasteiger partial charge in [0.15, 0.2) is 0 Å². The van der Waals surface area contributed by atoms with Crippen molar-refractivity contribution in [3.63, 3.8) is 0 Å². The van der Waals surface area contributed by atoms with Crippen molar-refractivity contribution < 1.29 is 13.2 Å². The van der Waals surface area contributed by atoms with E-state index in [1.54, 1.807) is 6.07 Å². The smallest absolute Gasteiger partial charge is 0.245 e. The molecule has 1 aromatic rings. The fourth-order valence-corrected chi connectivity index (χ4v) is 1.71. The van der Waals surface area contributed by atoms with Crippen LogP contribution in [-0.4, -0.2) is 4.98 Å². The highest BCUT2D eigenvalue weighted by atomic mass is 127. The molecule has 14 heavy (non-hydrogen) atoms. The maximum absolute atomic E-state index is 13.1. The normalized spacial score (nSPS) is 10.3. The Bertz CT molecular complexity index is 364. The third-order valence-corrected chi connectivity index (χ3v) is 2.32. The summed E-state index contributed by atoms with van der Waals surface area (Å²) < 4.78 is 37.5. The maximum Gasteiger partial charge on any atom is 0.269 e. The van der Waals surface area contributed by atoms with Crippen LogP contribution < -0.4 is 0 Å². The zero-order valence-corrected chi connectivity index (χ0v) is 8.93. The Hall–Kier alpha value is -0.840. The number of aromatic nitrogens is 1. The Balaban J connectivity index is 3.19. The molecule has 2 nitrogen and oxygen atoms in total. The van der Waals surface area contributed by atoms with Crippen molar-refractivity contribution in [1.82, 2.24) is 4.98 Å². The Morgan fingerprint density at radius 3 is 2.64 bits per heavy atom. The highest BCUT2D eigenvalue weighted by molar-refractivity contribution is 14.1. The van der Waals surface area contributed by atoms with Crippen molar-refractivity contribution in [3.8, 4) is 6.07 Å². The molecule has 0 fully saturated rings. The van der Waals surface area contributed by atoms with Gasteiger partial charge in [0.05, 0.1) is 23.7 Å². The zero-order valence-electron chi connectivity index (χ0n) is 6.77. The minimum Gasteiger partial charge on any atom is -0.245 e. The number of halogens is 4. The first-order valence-corrected chi connectivity index (χ1v) is 4.64. The van der Waals surface area contributed by atoms with Gasteiger partial charge in [0.2, 0.25) is 0 Å². The monoisotopic (exact) mass is 312 g/mol. The van der Waals surface area contributed by atoms with Crippen LogP contribution in [0.2, 0.25) is 0 Å². The van der Waals surface area contributed by atoms with E-state index in [9.17, 15) is 13.2 Å². The van der Waals surface area contributed by atoms with Crippen LogP contribution in [0.1, 0.15) is 17.7 Å². The molecule has 6 heteroatoms. The molecule has 0 spiro atoms. The van der Waals surface area contributed by atoms with Crippen molar-refractivity contribution in [2.75, 3.05) is 0 Å². The zero-order chi connectivity index (χ0) is 10.7. The van der Waals surface area contributed by atoms with Crippen molar-refractivity contribution in [1.29, 1.82) is 5.26 Å². The first kappa shape index (κ1) is 11.2. The quantitative estimate of drug-likeness (QED) is 0.622. The van der Waals surface area contributed by atoms with Crippen LogP contribution in [0, 0.1) is 20.8 Å². The first-order valence-electron chi connectivity index (χ1n) is 3.56. The van der Waals surface area contributed by atoms with Crippen molar-refractivity contribution in [3.05, 3.63) is 26.8 Å². The van der Waals surface area contributed by atoms with Crippen molar-refractivity contribution >= 4 is 22.6 Å². The van der Waals surface area contributed by atoms with Crippen LogP contribution in [0.5, 0.6) is 0 Å². The molecule has 0 radical (unpaired) electrons. The molecule has 0 aliphatic heterocycles. The van der Waals surface area contributed by atoms with E-state index < -0.39 is 17.8 Å². The number of nitriles is 1. The van der Waals surface area contributed by atoms with Gasteiger partial charge >= 0.3 is 0 Å². The number of hydrogen-bond donors (Lipinski definition) is 0. The molecular formula is C8H4F3IN2. The van der Waals surface area contributed by atoms with Gasteiger partial charge in [-0.15, -0.1) is 0 Å². The molecule has 0 unspecified atom stereocenters. The van der Waals surface area contributed by atoms with Crippen LogP contribution in [0.4, 0.5) is 13.2 Å². The Morgan fingerprint density at radius 1 is 1.57 bits per heavy atom. The largest absolute Gasteiger partial charge is 0.269 e. The lowest BCUT2D eigenvalue weighted by molar-refractivity contribution is 0.144. The van der Waals surface area contributed by atoms with E-state index in [-0.39, 0.29) is 15.8 Å². The molecule has 1 aromatic heterocycles. The average molecular weight is 312 g/mol. The lowest BCUT2D eigenvalue weighted by atomic mass is 10.2. The summed E-state index contributed by atoms with van der Waals surface area (Å²) in [7, 11) is 0. The van der Waals surface area contributed by atoms with E-state index in [0.717, 1.165) is 6.07 Å². The predicted molar refractivity (Wildman–Crippen MR) is 51.2 cm³/mol. The summed E-state index contributed by atoms with van der Waals surface area (Å²) in [5.41, 5.74) is -0.536. The minimum absolute atomic E-state index is 0.0869. The summed E-state index contributed by atoms with van der Waals surface area (Å²) in [6.07, 6.45) is -2.97. The van der Waals surface area contributed by atoms with Crippen molar-refractivity contribution in [2.24, 2.45) is 0 Å². The van der Waals surface area contributed by atoms with Gasteiger partial charge in [-0.1, -0.05) is 0 Å². The Labute approximate surface area is 91.9 Å². The van der Waals surface area contributed by atoms with Crippen LogP contribution >= 0.6 is 22.6 Å². The van der Waals surface area contributed by atoms with Gasteiger partial charge in [-0.2, -0.15) is 5.26 Å². The van der Waals surface area contributed by atoms with Crippen molar-refractivity contribution in [2.45, 2.75) is 12.8 Å². The highest BCUT2D eigenvalue weighted by Crippen LogP contribution is 2.26. The number of nitrogens with zero attached hydrogens (tertiary/aromatic N) is 2. The molecule has 0 bridgehead atoms. The van der Waals surface area contributed by atoms with E-state index in [1.165, 1.54) is 22.6 Å². The third-order valence-electron chi connectivity index (χ3n) is 1.49. The average Bonchev–Trinajstić information content (AvgIpc) is 2.01. The van der Waals surface area contributed by atoms with Crippen LogP contribution in [0.3, 0.4) is 0 Å². The first-order chi connectivity index (χ1) is 6.56. The van der Waals surface area contributed by atoms with Crippen LogP contribution in [0.15, 0.2) is 6.07 Å². The molecule has 0 atom stereocenters. The molecule has 1 heterocycles. The molecule has 0 saturated carbocycles. The summed E-state index contributed by atoms with van der Waals surface area (Å²) in [5.74, 6) is -1.01. The molecule has 1 rings (SSSR count). The minimum atomic E-state index is -2.88. The molecule has 0 aliphatic carbocycles. The van der Waals surface area contributed by atoms with Gasteiger partial charge in [-0.25, -0.2) is 18.2 Å². The second-order valence-corrected chi connectivity index (χ2v) is 3.46. The Kier molecular flexibility index (Phi) is 3.69. The van der Waals surface area contributed by atoms with Gasteiger partial charge in [-0.3, -0.25) is 0 Å². The van der Waals surface area contributed by atoms with E-state index in [1.807, 2.05) is 0 Å². The van der Waals surface area contributed by atoms with E-state index in [4.69, 9.17) is 5.26 Å². The van der Waals surface area contributed by atoms with Crippen LogP contribution in [-0.2, 0) is 6.42 Å². The summed E-state index contributed by atoms with van der Waals surface area (Å²) in [6.45, 7) is 0. The van der Waals surface area contributed by atoms with Gasteiger partial charge in [0, 0.05) is 0 Å². The van der Waals surface area contributed by atoms with E-state index in [2.05, 4.69) is 4.98 Å². The van der Waals surface area contributed by atoms with Gasteiger partial charge < -0.3 is 0 Å². The summed E-state index contributed by atoms with van der Waals surface area (Å²) in [4.78, 5) is 3.69. The summed E-state index contributed by atoms with van der Waals surface area (Å²) in [5, 5.41) is 8.32. The second-order valence-electron chi connectivity index (χ2n) is 2.44. The summed E-state index contributed by atoms with van der Waals surface area (Å²) in [6, 6.07) is 2.64. The second kappa shape index (κ2) is 4.59. The molecule has 0 aromatic carbocycles. The topological polar surface area (TPSA) is 36.7 Å².